The second-order valence-electron chi connectivity index (χ2n) is 5.01. The van der Waals surface area contributed by atoms with Crippen LogP contribution in [0, 0.1) is 0 Å². The molecule has 19 heavy (non-hydrogen) atoms. The van der Waals surface area contributed by atoms with Crippen molar-refractivity contribution in [2.45, 2.75) is 44.9 Å². The first-order chi connectivity index (χ1) is 9.24. The quantitative estimate of drug-likeness (QED) is 0.610. The number of hydrazine groups is 1. The molecular formula is C13H24N4OS. The summed E-state index contributed by atoms with van der Waals surface area (Å²) < 4.78 is 7.81. The van der Waals surface area contributed by atoms with Crippen molar-refractivity contribution in [3.05, 3.63) is 18.0 Å². The van der Waals surface area contributed by atoms with E-state index in [1.54, 1.807) is 0 Å². The van der Waals surface area contributed by atoms with Gasteiger partial charge in [-0.25, -0.2) is 0 Å². The summed E-state index contributed by atoms with van der Waals surface area (Å²) in [5.41, 5.74) is 3.96. The molecule has 0 saturated carbocycles. The van der Waals surface area contributed by atoms with Gasteiger partial charge in [0.1, 0.15) is 0 Å². The van der Waals surface area contributed by atoms with E-state index in [-0.39, 0.29) is 12.1 Å². The first kappa shape index (κ1) is 14.8. The summed E-state index contributed by atoms with van der Waals surface area (Å²) in [6, 6.07) is 2.65. The number of nitrogens with one attached hydrogen (secondary N) is 1. The molecule has 0 spiro atoms. The van der Waals surface area contributed by atoms with Gasteiger partial charge in [0.25, 0.3) is 0 Å². The lowest BCUT2D eigenvalue weighted by molar-refractivity contribution is 0.0469. The molecule has 6 heteroatoms. The SMILES string of the molecule is CCC(C)n1ccc(CC(NN)C2CSCCO2)n1. The van der Waals surface area contributed by atoms with E-state index in [0.717, 1.165) is 36.6 Å². The van der Waals surface area contributed by atoms with Gasteiger partial charge in [-0.05, 0) is 19.4 Å². The molecule has 1 aliphatic heterocycles. The zero-order chi connectivity index (χ0) is 13.7. The average molecular weight is 284 g/mol. The maximum absolute atomic E-state index is 5.78. The predicted octanol–water partition coefficient (Wildman–Crippen LogP) is 1.36. The van der Waals surface area contributed by atoms with Crippen molar-refractivity contribution >= 4 is 11.8 Å². The molecule has 3 unspecified atom stereocenters. The van der Waals surface area contributed by atoms with E-state index in [1.165, 1.54) is 0 Å². The highest BCUT2D eigenvalue weighted by atomic mass is 32.2. The van der Waals surface area contributed by atoms with Crippen LogP contribution in [0.15, 0.2) is 12.3 Å². The van der Waals surface area contributed by atoms with Crippen LogP contribution in [0.3, 0.4) is 0 Å². The molecule has 0 radical (unpaired) electrons. The first-order valence-electron chi connectivity index (χ1n) is 6.94. The molecule has 5 nitrogen and oxygen atoms in total. The second-order valence-corrected chi connectivity index (χ2v) is 6.16. The Kier molecular flexibility index (Phi) is 5.69. The first-order valence-corrected chi connectivity index (χ1v) is 8.09. The van der Waals surface area contributed by atoms with Gasteiger partial charge in [0, 0.05) is 30.2 Å². The Morgan fingerprint density at radius 3 is 3.16 bits per heavy atom. The molecule has 0 bridgehead atoms. The van der Waals surface area contributed by atoms with Gasteiger partial charge < -0.3 is 4.74 Å². The summed E-state index contributed by atoms with van der Waals surface area (Å²) in [6.07, 6.45) is 4.12. The lowest BCUT2D eigenvalue weighted by Gasteiger charge is -2.29. The van der Waals surface area contributed by atoms with Gasteiger partial charge >= 0.3 is 0 Å². The second kappa shape index (κ2) is 7.28. The minimum Gasteiger partial charge on any atom is -0.375 e. The number of nitrogens with zero attached hydrogens (tertiary/aromatic N) is 2. The molecule has 1 aromatic heterocycles. The van der Waals surface area contributed by atoms with Crippen molar-refractivity contribution in [3.63, 3.8) is 0 Å². The molecule has 0 amide bonds. The number of nitrogens with two attached hydrogens (primary N) is 1. The van der Waals surface area contributed by atoms with Crippen LogP contribution in [0.1, 0.15) is 32.0 Å². The van der Waals surface area contributed by atoms with Gasteiger partial charge in [-0.15, -0.1) is 0 Å². The highest BCUT2D eigenvalue weighted by molar-refractivity contribution is 7.99. The standard InChI is InChI=1S/C13H24N4OS/c1-3-10(2)17-5-4-11(16-17)8-12(15-14)13-9-19-7-6-18-13/h4-5,10,12-13,15H,3,6-9,14H2,1-2H3. The summed E-state index contributed by atoms with van der Waals surface area (Å²) in [7, 11) is 0. The van der Waals surface area contributed by atoms with Crippen molar-refractivity contribution in [1.29, 1.82) is 0 Å². The van der Waals surface area contributed by atoms with E-state index < -0.39 is 0 Å². The van der Waals surface area contributed by atoms with Gasteiger partial charge in [-0.3, -0.25) is 16.0 Å². The zero-order valence-electron chi connectivity index (χ0n) is 11.7. The third kappa shape index (κ3) is 3.95. The molecule has 1 saturated heterocycles. The largest absolute Gasteiger partial charge is 0.375 e. The van der Waals surface area contributed by atoms with Crippen LogP contribution in [0.4, 0.5) is 0 Å². The number of rotatable bonds is 6. The fourth-order valence-corrected chi connectivity index (χ4v) is 3.12. The molecule has 0 aromatic carbocycles. The third-order valence-corrected chi connectivity index (χ3v) is 4.66. The minimum absolute atomic E-state index is 0.132. The van der Waals surface area contributed by atoms with E-state index in [2.05, 4.69) is 30.4 Å². The topological polar surface area (TPSA) is 65.1 Å². The van der Waals surface area contributed by atoms with Gasteiger partial charge in [-0.2, -0.15) is 16.9 Å². The van der Waals surface area contributed by atoms with Crippen LogP contribution in [0.2, 0.25) is 0 Å². The van der Waals surface area contributed by atoms with Gasteiger partial charge in [0.15, 0.2) is 0 Å². The van der Waals surface area contributed by atoms with E-state index in [1.807, 2.05) is 22.6 Å². The molecule has 2 rings (SSSR count). The molecule has 1 fully saturated rings. The number of ether oxygens (including phenoxy) is 1. The third-order valence-electron chi connectivity index (χ3n) is 3.64. The molecule has 1 aliphatic rings. The molecular weight excluding hydrogens is 260 g/mol. The summed E-state index contributed by atoms with van der Waals surface area (Å²) in [4.78, 5) is 0. The average Bonchev–Trinajstić information content (AvgIpc) is 2.93. The highest BCUT2D eigenvalue weighted by Gasteiger charge is 2.25. The van der Waals surface area contributed by atoms with Crippen molar-refractivity contribution in [2.75, 3.05) is 18.1 Å². The van der Waals surface area contributed by atoms with Crippen molar-refractivity contribution in [1.82, 2.24) is 15.2 Å². The predicted molar refractivity (Wildman–Crippen MR) is 79.1 cm³/mol. The van der Waals surface area contributed by atoms with Crippen LogP contribution in [0.5, 0.6) is 0 Å². The van der Waals surface area contributed by atoms with Gasteiger partial charge in [0.05, 0.1) is 24.4 Å². The lowest BCUT2D eigenvalue weighted by atomic mass is 10.1. The Labute approximate surface area is 119 Å². The monoisotopic (exact) mass is 284 g/mol. The van der Waals surface area contributed by atoms with Crippen molar-refractivity contribution in [2.24, 2.45) is 5.84 Å². The molecule has 1 aromatic rings. The minimum atomic E-state index is 0.132. The molecule has 2 heterocycles. The van der Waals surface area contributed by atoms with Gasteiger partial charge in [-0.1, -0.05) is 6.92 Å². The maximum Gasteiger partial charge on any atom is 0.0835 e. The normalized spacial score (nSPS) is 23.2. The van der Waals surface area contributed by atoms with Crippen LogP contribution in [0.25, 0.3) is 0 Å². The maximum atomic E-state index is 5.78. The Morgan fingerprint density at radius 2 is 2.53 bits per heavy atom. The molecule has 108 valence electrons. The van der Waals surface area contributed by atoms with Crippen LogP contribution < -0.4 is 11.3 Å². The van der Waals surface area contributed by atoms with Crippen LogP contribution >= 0.6 is 11.8 Å². The summed E-state index contributed by atoms with van der Waals surface area (Å²) in [5, 5.41) is 4.62. The summed E-state index contributed by atoms with van der Waals surface area (Å²) in [5.74, 6) is 7.75. The van der Waals surface area contributed by atoms with Crippen molar-refractivity contribution in [3.8, 4) is 0 Å². The van der Waals surface area contributed by atoms with Crippen LogP contribution in [-0.2, 0) is 11.2 Å². The number of thioether (sulfide) groups is 1. The summed E-state index contributed by atoms with van der Waals surface area (Å²) in [6.45, 7) is 5.16. The van der Waals surface area contributed by atoms with Gasteiger partial charge in [0.2, 0.25) is 0 Å². The fraction of sp³-hybridized carbons (Fsp3) is 0.769. The molecule has 3 atom stereocenters. The van der Waals surface area contributed by atoms with E-state index in [4.69, 9.17) is 10.6 Å². The Morgan fingerprint density at radius 1 is 1.68 bits per heavy atom. The fourth-order valence-electron chi connectivity index (χ4n) is 2.18. The Bertz CT molecular complexity index is 378. The van der Waals surface area contributed by atoms with Crippen LogP contribution in [-0.4, -0.2) is 40.0 Å². The smallest absolute Gasteiger partial charge is 0.0835 e. The number of hydrogen-bond acceptors (Lipinski definition) is 5. The molecule has 0 aliphatic carbocycles. The number of hydrogen-bond donors (Lipinski definition) is 2. The van der Waals surface area contributed by atoms with Crippen molar-refractivity contribution < 1.29 is 4.74 Å². The lowest BCUT2D eigenvalue weighted by Crippen LogP contribution is -2.49. The Hall–Kier alpha value is -0.560. The summed E-state index contributed by atoms with van der Waals surface area (Å²) >= 11 is 1.92. The van der Waals surface area contributed by atoms with E-state index in [9.17, 15) is 0 Å². The van der Waals surface area contributed by atoms with E-state index in [0.29, 0.717) is 6.04 Å². The Balaban J connectivity index is 1.95. The van der Waals surface area contributed by atoms with E-state index >= 15 is 0 Å². The number of aromatic nitrogens is 2. The highest BCUT2D eigenvalue weighted by Crippen LogP contribution is 2.18. The molecule has 3 N–H and O–H groups in total. The zero-order valence-corrected chi connectivity index (χ0v) is 12.5.